The van der Waals surface area contributed by atoms with Crippen LogP contribution in [0.1, 0.15) is 49.4 Å². The van der Waals surface area contributed by atoms with Crippen LogP contribution < -0.4 is 10.1 Å². The maximum atomic E-state index is 13.5. The molecule has 1 atom stereocenters. The third-order valence-electron chi connectivity index (χ3n) is 6.45. The van der Waals surface area contributed by atoms with Gasteiger partial charge in [0.25, 0.3) is 0 Å². The Kier molecular flexibility index (Phi) is 5.27. The number of aryl methyl sites for hydroxylation is 1. The van der Waals surface area contributed by atoms with Gasteiger partial charge in [0, 0.05) is 29.2 Å². The Bertz CT molecular complexity index is 1300. The van der Waals surface area contributed by atoms with E-state index in [1.165, 1.54) is 0 Å². The lowest BCUT2D eigenvalue weighted by atomic mass is 9.69. The van der Waals surface area contributed by atoms with Crippen LogP contribution in [0.5, 0.6) is 5.75 Å². The SMILES string of the molecule is Cc1nn(-c2ccccc2)c2c1[C@@H](c1ccc(OCC(=O)O)cc1)C1=C(CC(C)(C)CC1=O)N2. The van der Waals surface area contributed by atoms with Gasteiger partial charge in [-0.1, -0.05) is 44.2 Å². The molecule has 7 nitrogen and oxygen atoms in total. The fourth-order valence-corrected chi connectivity index (χ4v) is 5.06. The zero-order valence-electron chi connectivity index (χ0n) is 19.5. The van der Waals surface area contributed by atoms with Crippen molar-refractivity contribution in [1.29, 1.82) is 0 Å². The number of carboxylic acid groups (broad SMARTS) is 1. The van der Waals surface area contributed by atoms with Crippen LogP contribution >= 0.6 is 0 Å². The Balaban J connectivity index is 1.65. The van der Waals surface area contributed by atoms with Crippen molar-refractivity contribution in [2.24, 2.45) is 5.41 Å². The number of carboxylic acids is 1. The number of rotatable bonds is 5. The van der Waals surface area contributed by atoms with Crippen LogP contribution in [0.4, 0.5) is 5.82 Å². The number of hydrogen-bond acceptors (Lipinski definition) is 5. The average molecular weight is 458 g/mol. The molecule has 0 radical (unpaired) electrons. The highest BCUT2D eigenvalue weighted by atomic mass is 16.5. The molecule has 3 aromatic rings. The molecule has 0 unspecified atom stereocenters. The van der Waals surface area contributed by atoms with Gasteiger partial charge in [0.1, 0.15) is 11.6 Å². The Morgan fingerprint density at radius 1 is 1.15 bits per heavy atom. The number of ketones is 1. The highest BCUT2D eigenvalue weighted by Gasteiger charge is 2.42. The van der Waals surface area contributed by atoms with Crippen LogP contribution in [0.2, 0.25) is 0 Å². The Morgan fingerprint density at radius 2 is 1.85 bits per heavy atom. The van der Waals surface area contributed by atoms with E-state index in [4.69, 9.17) is 14.9 Å². The summed E-state index contributed by atoms with van der Waals surface area (Å²) in [4.78, 5) is 24.3. The minimum atomic E-state index is -1.03. The zero-order valence-corrected chi connectivity index (χ0v) is 19.5. The van der Waals surface area contributed by atoms with Gasteiger partial charge in [0.05, 0.1) is 11.4 Å². The number of fused-ring (bicyclic) bond motifs is 1. The smallest absolute Gasteiger partial charge is 0.341 e. The fourth-order valence-electron chi connectivity index (χ4n) is 5.06. The molecular weight excluding hydrogens is 430 g/mol. The van der Waals surface area contributed by atoms with Gasteiger partial charge in [-0.2, -0.15) is 5.10 Å². The largest absolute Gasteiger partial charge is 0.482 e. The van der Waals surface area contributed by atoms with Gasteiger partial charge < -0.3 is 15.2 Å². The first-order valence-corrected chi connectivity index (χ1v) is 11.4. The molecule has 174 valence electrons. The number of benzene rings is 2. The van der Waals surface area contributed by atoms with Crippen LogP contribution in [-0.2, 0) is 9.59 Å². The Labute approximate surface area is 198 Å². The van der Waals surface area contributed by atoms with Crippen molar-refractivity contribution in [2.75, 3.05) is 11.9 Å². The van der Waals surface area contributed by atoms with Crippen LogP contribution in [0.25, 0.3) is 5.69 Å². The first-order valence-electron chi connectivity index (χ1n) is 11.4. The number of aliphatic carboxylic acids is 1. The summed E-state index contributed by atoms with van der Waals surface area (Å²) in [5.41, 5.74) is 5.33. The molecule has 1 aromatic heterocycles. The minimum absolute atomic E-state index is 0.133. The lowest BCUT2D eigenvalue weighted by molar-refractivity contribution is -0.139. The van der Waals surface area contributed by atoms with E-state index >= 15 is 0 Å². The summed E-state index contributed by atoms with van der Waals surface area (Å²) in [5, 5.41) is 17.3. The standard InChI is InChI=1S/C27H27N3O4/c1-16-23-24(17-9-11-19(12-10-17)34-15-22(32)33)25-20(13-27(2,3)14-21(25)31)28-26(23)30(29-16)18-7-5-4-6-8-18/h4-12,24,28H,13-15H2,1-3H3,(H,32,33)/t24-/m1/s1. The number of aromatic nitrogens is 2. The minimum Gasteiger partial charge on any atom is -0.482 e. The van der Waals surface area contributed by atoms with E-state index in [9.17, 15) is 9.59 Å². The molecule has 0 fully saturated rings. The van der Waals surface area contributed by atoms with Crippen molar-refractivity contribution in [3.63, 3.8) is 0 Å². The third-order valence-corrected chi connectivity index (χ3v) is 6.45. The number of allylic oxidation sites excluding steroid dienone is 2. The Hall–Kier alpha value is -3.87. The van der Waals surface area contributed by atoms with Gasteiger partial charge in [0.2, 0.25) is 0 Å². The van der Waals surface area contributed by atoms with Gasteiger partial charge in [0.15, 0.2) is 12.4 Å². The van der Waals surface area contributed by atoms with Crippen molar-refractivity contribution >= 4 is 17.6 Å². The summed E-state index contributed by atoms with van der Waals surface area (Å²) in [6.07, 6.45) is 1.26. The van der Waals surface area contributed by atoms with Crippen molar-refractivity contribution in [3.8, 4) is 11.4 Å². The van der Waals surface area contributed by atoms with Gasteiger partial charge in [-0.25, -0.2) is 9.48 Å². The fraction of sp³-hybridized carbons (Fsp3) is 0.296. The van der Waals surface area contributed by atoms with E-state index < -0.39 is 12.6 Å². The molecule has 0 bridgehead atoms. The number of ether oxygens (including phenoxy) is 1. The number of nitrogens with zero attached hydrogens (tertiary/aromatic N) is 2. The zero-order chi connectivity index (χ0) is 24.0. The predicted molar refractivity (Wildman–Crippen MR) is 128 cm³/mol. The number of carbonyl (C=O) groups is 2. The summed E-state index contributed by atoms with van der Waals surface area (Å²) >= 11 is 0. The summed E-state index contributed by atoms with van der Waals surface area (Å²) in [6.45, 7) is 5.81. The first-order chi connectivity index (χ1) is 16.2. The second-order valence-electron chi connectivity index (χ2n) is 9.74. The predicted octanol–water partition coefficient (Wildman–Crippen LogP) is 4.84. The van der Waals surface area contributed by atoms with E-state index in [0.717, 1.165) is 46.0 Å². The number of hydrogen-bond donors (Lipinski definition) is 2. The molecule has 7 heteroatoms. The lowest BCUT2D eigenvalue weighted by Gasteiger charge is -2.38. The molecule has 5 rings (SSSR count). The molecule has 2 heterocycles. The lowest BCUT2D eigenvalue weighted by Crippen LogP contribution is -2.34. The molecular formula is C27H27N3O4. The van der Waals surface area contributed by atoms with E-state index in [1.54, 1.807) is 12.1 Å². The van der Waals surface area contributed by atoms with E-state index in [2.05, 4.69) is 19.2 Å². The monoisotopic (exact) mass is 457 g/mol. The van der Waals surface area contributed by atoms with E-state index in [0.29, 0.717) is 12.2 Å². The highest BCUT2D eigenvalue weighted by molar-refractivity contribution is 6.01. The summed E-state index contributed by atoms with van der Waals surface area (Å²) in [5.74, 6) is 0.209. The van der Waals surface area contributed by atoms with Crippen LogP contribution in [-0.4, -0.2) is 33.2 Å². The van der Waals surface area contributed by atoms with Crippen molar-refractivity contribution < 1.29 is 19.4 Å². The topological polar surface area (TPSA) is 93.5 Å². The van der Waals surface area contributed by atoms with Crippen LogP contribution in [0.3, 0.4) is 0 Å². The molecule has 2 N–H and O–H groups in total. The average Bonchev–Trinajstić information content (AvgIpc) is 3.12. The molecule has 0 spiro atoms. The molecule has 34 heavy (non-hydrogen) atoms. The van der Waals surface area contributed by atoms with Crippen LogP contribution in [0.15, 0.2) is 65.9 Å². The summed E-state index contributed by atoms with van der Waals surface area (Å²) < 4.78 is 7.23. The second-order valence-corrected chi connectivity index (χ2v) is 9.74. The molecule has 0 saturated heterocycles. The van der Waals surface area contributed by atoms with Gasteiger partial charge in [-0.3, -0.25) is 4.79 Å². The van der Waals surface area contributed by atoms with E-state index in [1.807, 2.05) is 54.1 Å². The molecule has 2 aliphatic rings. The first kappa shape index (κ1) is 21.9. The van der Waals surface area contributed by atoms with E-state index in [-0.39, 0.29) is 17.1 Å². The number of carbonyl (C=O) groups excluding carboxylic acids is 1. The van der Waals surface area contributed by atoms with Crippen molar-refractivity contribution in [1.82, 2.24) is 9.78 Å². The molecule has 0 amide bonds. The third kappa shape index (κ3) is 3.87. The number of anilines is 1. The van der Waals surface area contributed by atoms with Crippen LogP contribution in [0, 0.1) is 12.3 Å². The van der Waals surface area contributed by atoms with Gasteiger partial charge in [-0.15, -0.1) is 0 Å². The number of Topliss-reactive ketones (excluding diaryl/α,β-unsaturated/α-hetero) is 1. The van der Waals surface area contributed by atoms with Crippen molar-refractivity contribution in [2.45, 2.75) is 39.5 Å². The van der Waals surface area contributed by atoms with Crippen molar-refractivity contribution in [3.05, 3.63) is 82.7 Å². The molecule has 1 aliphatic heterocycles. The number of nitrogens with one attached hydrogen (secondary N) is 1. The quantitative estimate of drug-likeness (QED) is 0.569. The number of para-hydroxylation sites is 1. The second kappa shape index (κ2) is 8.17. The normalized spacial score (nSPS) is 18.7. The summed E-state index contributed by atoms with van der Waals surface area (Å²) in [7, 11) is 0. The maximum absolute atomic E-state index is 13.5. The Morgan fingerprint density at radius 3 is 2.53 bits per heavy atom. The highest BCUT2D eigenvalue weighted by Crippen LogP contribution is 2.50. The molecule has 1 aliphatic carbocycles. The molecule has 0 saturated carbocycles. The molecule has 2 aromatic carbocycles. The van der Waals surface area contributed by atoms with Gasteiger partial charge >= 0.3 is 5.97 Å². The summed E-state index contributed by atoms with van der Waals surface area (Å²) in [6, 6.07) is 17.3. The maximum Gasteiger partial charge on any atom is 0.341 e. The van der Waals surface area contributed by atoms with Gasteiger partial charge in [-0.05, 0) is 48.6 Å².